The molecule has 0 saturated carbocycles. The Morgan fingerprint density at radius 2 is 1.57 bits per heavy atom. The first-order valence-electron chi connectivity index (χ1n) is 8.56. The first kappa shape index (κ1) is 21.5. The molecule has 0 unspecified atom stereocenters. The van der Waals surface area contributed by atoms with Crippen molar-refractivity contribution in [1.29, 1.82) is 0 Å². The van der Waals surface area contributed by atoms with Crippen LogP contribution < -0.4 is 15.4 Å². The summed E-state index contributed by atoms with van der Waals surface area (Å²) in [6.45, 7) is 3.12. The van der Waals surface area contributed by atoms with Crippen LogP contribution in [0.5, 0.6) is 5.75 Å². The fourth-order valence-electron chi connectivity index (χ4n) is 2.66. The molecular weight excluding hydrogens is 377 g/mol. The number of carbonyl (C=O) groups excluding carboxylic acids is 2. The van der Waals surface area contributed by atoms with Gasteiger partial charge in [-0.25, -0.2) is 0 Å². The highest BCUT2D eigenvalue weighted by atomic mass is 19.4. The molecule has 1 aliphatic heterocycles. The van der Waals surface area contributed by atoms with Crippen LogP contribution in [-0.4, -0.2) is 73.8 Å². The maximum Gasteiger partial charge on any atom is 0.573 e. The summed E-state index contributed by atoms with van der Waals surface area (Å²) in [6, 6.07) is 4.94. The summed E-state index contributed by atoms with van der Waals surface area (Å²) in [5.41, 5.74) is 0.378. The maximum atomic E-state index is 12.1. The van der Waals surface area contributed by atoms with Crippen LogP contribution in [0, 0.1) is 12.3 Å². The van der Waals surface area contributed by atoms with Gasteiger partial charge in [0.05, 0.1) is 19.6 Å². The quantitative estimate of drug-likeness (QED) is 0.668. The Morgan fingerprint density at radius 3 is 2.07 bits per heavy atom. The van der Waals surface area contributed by atoms with Gasteiger partial charge in [0.1, 0.15) is 5.75 Å². The fourth-order valence-corrected chi connectivity index (χ4v) is 2.66. The monoisotopic (exact) mass is 398 g/mol. The minimum absolute atomic E-state index is 0.137. The number of nitrogens with zero attached hydrogens (tertiary/aromatic N) is 2. The molecule has 1 aliphatic rings. The second-order valence-electron chi connectivity index (χ2n) is 6.15. The molecule has 10 heteroatoms. The van der Waals surface area contributed by atoms with Crippen LogP contribution in [0.2, 0.25) is 0 Å². The van der Waals surface area contributed by atoms with Crippen molar-refractivity contribution >= 4 is 17.5 Å². The zero-order valence-corrected chi connectivity index (χ0v) is 15.1. The number of piperazine rings is 1. The number of carbonyl (C=O) groups is 2. The number of alkyl halides is 3. The first-order valence-corrected chi connectivity index (χ1v) is 8.56. The molecular formula is C18H21F3N4O3. The second-order valence-corrected chi connectivity index (χ2v) is 6.15. The van der Waals surface area contributed by atoms with Crippen molar-refractivity contribution in [1.82, 2.24) is 15.1 Å². The summed E-state index contributed by atoms with van der Waals surface area (Å²) in [5, 5.41) is 5.23. The number of nitrogens with one attached hydrogen (secondary N) is 2. The molecule has 28 heavy (non-hydrogen) atoms. The number of benzene rings is 1. The van der Waals surface area contributed by atoms with E-state index in [1.54, 1.807) is 0 Å². The van der Waals surface area contributed by atoms with Crippen LogP contribution in [0.3, 0.4) is 0 Å². The van der Waals surface area contributed by atoms with Gasteiger partial charge in [0.25, 0.3) is 0 Å². The molecule has 2 amide bonds. The van der Waals surface area contributed by atoms with E-state index in [1.165, 1.54) is 12.1 Å². The number of hydrogen-bond acceptors (Lipinski definition) is 5. The SMILES string of the molecule is C#CCNC(=O)CN1CCN(CC(=O)Nc2ccc(OC(F)(F)F)cc2)CC1. The van der Waals surface area contributed by atoms with Crippen molar-refractivity contribution in [3.8, 4) is 18.1 Å². The lowest BCUT2D eigenvalue weighted by molar-refractivity contribution is -0.274. The van der Waals surface area contributed by atoms with Gasteiger partial charge in [0.15, 0.2) is 0 Å². The topological polar surface area (TPSA) is 73.9 Å². The predicted octanol–water partition coefficient (Wildman–Crippen LogP) is 0.891. The Balaban J connectivity index is 1.71. The van der Waals surface area contributed by atoms with Gasteiger partial charge in [-0.2, -0.15) is 0 Å². The maximum absolute atomic E-state index is 12.1. The number of rotatable bonds is 7. The normalized spacial score (nSPS) is 15.5. The second kappa shape index (κ2) is 9.96. The summed E-state index contributed by atoms with van der Waals surface area (Å²) in [4.78, 5) is 27.7. The average molecular weight is 398 g/mol. The Hall–Kier alpha value is -2.77. The third-order valence-corrected chi connectivity index (χ3v) is 3.96. The number of terminal acetylenes is 1. The van der Waals surface area contributed by atoms with E-state index in [1.807, 2.05) is 9.80 Å². The number of ether oxygens (including phenoxy) is 1. The molecule has 0 bridgehead atoms. The summed E-state index contributed by atoms with van der Waals surface area (Å²) >= 11 is 0. The molecule has 0 aliphatic carbocycles. The molecule has 1 aromatic rings. The van der Waals surface area contributed by atoms with Crippen LogP contribution >= 0.6 is 0 Å². The van der Waals surface area contributed by atoms with E-state index < -0.39 is 6.36 Å². The lowest BCUT2D eigenvalue weighted by Gasteiger charge is -2.33. The molecule has 2 N–H and O–H groups in total. The van der Waals surface area contributed by atoms with E-state index >= 15 is 0 Å². The minimum atomic E-state index is -4.76. The zero-order valence-electron chi connectivity index (χ0n) is 15.1. The summed E-state index contributed by atoms with van der Waals surface area (Å²) < 4.78 is 40.2. The smallest absolute Gasteiger partial charge is 0.406 e. The summed E-state index contributed by atoms with van der Waals surface area (Å²) in [7, 11) is 0. The standard InChI is InChI=1S/C18H21F3N4O3/c1-2-7-22-16(26)12-24-8-10-25(11-9-24)13-17(27)23-14-3-5-15(6-4-14)28-18(19,20)21/h1,3-6H,7-13H2,(H,22,26)(H,23,27). The van der Waals surface area contributed by atoms with E-state index in [0.717, 1.165) is 12.1 Å². The lowest BCUT2D eigenvalue weighted by Crippen LogP contribution is -2.51. The molecule has 1 fully saturated rings. The lowest BCUT2D eigenvalue weighted by atomic mass is 10.3. The largest absolute Gasteiger partial charge is 0.573 e. The third kappa shape index (κ3) is 7.85. The molecule has 1 heterocycles. The Bertz CT molecular complexity index is 708. The summed E-state index contributed by atoms with van der Waals surface area (Å²) in [6.07, 6.45) is 0.332. The van der Waals surface area contributed by atoms with E-state index in [-0.39, 0.29) is 37.2 Å². The van der Waals surface area contributed by atoms with Crippen molar-refractivity contribution < 1.29 is 27.5 Å². The predicted molar refractivity (Wildman–Crippen MR) is 96.5 cm³/mol. The van der Waals surface area contributed by atoms with Crippen LogP contribution in [0.4, 0.5) is 18.9 Å². The van der Waals surface area contributed by atoms with Gasteiger partial charge in [-0.1, -0.05) is 5.92 Å². The molecule has 2 rings (SSSR count). The van der Waals surface area contributed by atoms with Crippen LogP contribution in [0.1, 0.15) is 0 Å². The highest BCUT2D eigenvalue weighted by Crippen LogP contribution is 2.23. The van der Waals surface area contributed by atoms with Crippen molar-refractivity contribution in [2.75, 3.05) is 51.1 Å². The molecule has 1 saturated heterocycles. The van der Waals surface area contributed by atoms with Gasteiger partial charge in [0, 0.05) is 31.9 Å². The Labute approximate surface area is 160 Å². The molecule has 1 aromatic carbocycles. The number of halogens is 3. The van der Waals surface area contributed by atoms with E-state index in [4.69, 9.17) is 6.42 Å². The number of hydrogen-bond donors (Lipinski definition) is 2. The Kier molecular flexibility index (Phi) is 7.66. The third-order valence-electron chi connectivity index (χ3n) is 3.96. The molecule has 7 nitrogen and oxygen atoms in total. The van der Waals surface area contributed by atoms with Crippen molar-refractivity contribution in [2.45, 2.75) is 6.36 Å². The molecule has 0 radical (unpaired) electrons. The number of amides is 2. The fraction of sp³-hybridized carbons (Fsp3) is 0.444. The van der Waals surface area contributed by atoms with E-state index in [0.29, 0.717) is 31.9 Å². The highest BCUT2D eigenvalue weighted by Gasteiger charge is 2.31. The van der Waals surface area contributed by atoms with Crippen molar-refractivity contribution in [3.05, 3.63) is 24.3 Å². The van der Waals surface area contributed by atoms with Gasteiger partial charge < -0.3 is 15.4 Å². The van der Waals surface area contributed by atoms with Crippen LogP contribution in [-0.2, 0) is 9.59 Å². The Morgan fingerprint density at radius 1 is 1.04 bits per heavy atom. The van der Waals surface area contributed by atoms with Crippen LogP contribution in [0.25, 0.3) is 0 Å². The van der Waals surface area contributed by atoms with Crippen molar-refractivity contribution in [3.63, 3.8) is 0 Å². The van der Waals surface area contributed by atoms with E-state index in [2.05, 4.69) is 21.3 Å². The van der Waals surface area contributed by atoms with Gasteiger partial charge >= 0.3 is 6.36 Å². The molecule has 152 valence electrons. The zero-order chi connectivity index (χ0) is 20.6. The molecule has 0 aromatic heterocycles. The van der Waals surface area contributed by atoms with Gasteiger partial charge in [-0.3, -0.25) is 19.4 Å². The van der Waals surface area contributed by atoms with E-state index in [9.17, 15) is 22.8 Å². The highest BCUT2D eigenvalue weighted by molar-refractivity contribution is 5.92. The van der Waals surface area contributed by atoms with Gasteiger partial charge in [-0.15, -0.1) is 19.6 Å². The van der Waals surface area contributed by atoms with Gasteiger partial charge in [0.2, 0.25) is 11.8 Å². The van der Waals surface area contributed by atoms with Crippen molar-refractivity contribution in [2.24, 2.45) is 0 Å². The average Bonchev–Trinajstić information content (AvgIpc) is 2.62. The summed E-state index contributed by atoms with van der Waals surface area (Å²) in [5.74, 6) is 1.57. The molecule has 0 spiro atoms. The first-order chi connectivity index (χ1) is 13.2. The molecule has 0 atom stereocenters. The number of anilines is 1. The van der Waals surface area contributed by atoms with Gasteiger partial charge in [-0.05, 0) is 24.3 Å². The minimum Gasteiger partial charge on any atom is -0.406 e. The van der Waals surface area contributed by atoms with Crippen LogP contribution in [0.15, 0.2) is 24.3 Å².